The molecular weight excluding hydrogens is 378 g/mol. The number of amides is 1. The van der Waals surface area contributed by atoms with Gasteiger partial charge in [0.25, 0.3) is 5.91 Å². The normalized spacial score (nSPS) is 12.9. The molecule has 0 atom stereocenters. The van der Waals surface area contributed by atoms with E-state index in [2.05, 4.69) is 41.4 Å². The lowest BCUT2D eigenvalue weighted by molar-refractivity contribution is 0.0955. The van der Waals surface area contributed by atoms with E-state index in [9.17, 15) is 15.0 Å². The summed E-state index contributed by atoms with van der Waals surface area (Å²) in [4.78, 5) is 14.8. The molecule has 0 bridgehead atoms. The van der Waals surface area contributed by atoms with Gasteiger partial charge in [0.15, 0.2) is 11.5 Å². The van der Waals surface area contributed by atoms with Crippen LogP contribution >= 0.6 is 0 Å². The lowest BCUT2D eigenvalue weighted by Gasteiger charge is -2.18. The van der Waals surface area contributed by atoms with E-state index in [1.807, 2.05) is 18.2 Å². The fourth-order valence-electron chi connectivity index (χ4n) is 3.57. The molecule has 0 aromatic heterocycles. The van der Waals surface area contributed by atoms with E-state index >= 15 is 0 Å². The maximum absolute atomic E-state index is 12.5. The molecule has 3 N–H and O–H groups in total. The number of anilines is 1. The number of carbonyl (C=O) groups excluding carboxylic acids is 1. The summed E-state index contributed by atoms with van der Waals surface area (Å²) in [6.45, 7) is 5.90. The molecule has 0 aliphatic carbocycles. The Labute approximate surface area is 175 Å². The number of nitrogens with one attached hydrogen (secondary N) is 1. The van der Waals surface area contributed by atoms with Gasteiger partial charge in [0.05, 0.1) is 6.21 Å². The number of nitrogens with zero attached hydrogens (tertiary/aromatic N) is 2. The van der Waals surface area contributed by atoms with Gasteiger partial charge < -0.3 is 15.1 Å². The fraction of sp³-hybridized carbons (Fsp3) is 0.167. The number of phenolic OH excluding ortho intramolecular Hbond substituents is 2. The molecule has 1 aliphatic rings. The van der Waals surface area contributed by atoms with Crippen LogP contribution in [-0.2, 0) is 13.1 Å². The Morgan fingerprint density at radius 2 is 1.67 bits per heavy atom. The van der Waals surface area contributed by atoms with Crippen LogP contribution in [0.15, 0.2) is 59.7 Å². The first-order valence-electron chi connectivity index (χ1n) is 9.70. The van der Waals surface area contributed by atoms with E-state index in [4.69, 9.17) is 0 Å². The molecule has 0 spiro atoms. The second kappa shape index (κ2) is 7.91. The number of aryl methyl sites for hydroxylation is 2. The molecule has 1 amide bonds. The van der Waals surface area contributed by atoms with Crippen LogP contribution in [0.1, 0.15) is 38.2 Å². The summed E-state index contributed by atoms with van der Waals surface area (Å²) in [6.07, 6.45) is 1.41. The summed E-state index contributed by atoms with van der Waals surface area (Å²) in [6, 6.07) is 16.3. The Morgan fingerprint density at radius 3 is 2.33 bits per heavy atom. The standard InChI is InChI=1S/C24H23N3O3/c1-15-8-19-13-27(14-20(19)9-16(15)2)21-5-3-4-18(11-21)24(30)26-25-12-17-6-7-22(28)23(29)10-17/h3-12,28-29H,13-14H2,1-2H3,(H,26,30)/b25-12-. The molecule has 0 radical (unpaired) electrons. The Morgan fingerprint density at radius 1 is 0.967 bits per heavy atom. The Kier molecular flexibility index (Phi) is 5.14. The SMILES string of the molecule is Cc1cc2c(cc1C)CN(c1cccc(C(=O)N/N=C\c3ccc(O)c(O)c3)c1)C2. The number of phenols is 2. The molecule has 3 aromatic carbocycles. The second-order valence-corrected chi connectivity index (χ2v) is 7.56. The maximum Gasteiger partial charge on any atom is 0.271 e. The van der Waals surface area contributed by atoms with Crippen molar-refractivity contribution in [3.05, 3.63) is 88.0 Å². The lowest BCUT2D eigenvalue weighted by atomic mass is 10.0. The van der Waals surface area contributed by atoms with Crippen LogP contribution in [-0.4, -0.2) is 22.3 Å². The highest BCUT2D eigenvalue weighted by Crippen LogP contribution is 2.30. The first-order chi connectivity index (χ1) is 14.4. The van der Waals surface area contributed by atoms with Gasteiger partial charge in [0, 0.05) is 24.3 Å². The van der Waals surface area contributed by atoms with Gasteiger partial charge in [0.2, 0.25) is 0 Å². The summed E-state index contributed by atoms with van der Waals surface area (Å²) >= 11 is 0. The largest absolute Gasteiger partial charge is 0.504 e. The highest BCUT2D eigenvalue weighted by Gasteiger charge is 2.20. The van der Waals surface area contributed by atoms with Crippen LogP contribution in [0.4, 0.5) is 5.69 Å². The van der Waals surface area contributed by atoms with Gasteiger partial charge in [-0.2, -0.15) is 5.10 Å². The molecule has 1 heterocycles. The zero-order chi connectivity index (χ0) is 21.3. The van der Waals surface area contributed by atoms with Gasteiger partial charge in [-0.3, -0.25) is 4.79 Å². The van der Waals surface area contributed by atoms with Crippen molar-refractivity contribution in [2.45, 2.75) is 26.9 Å². The number of aromatic hydroxyl groups is 2. The Hall–Kier alpha value is -3.80. The predicted molar refractivity (Wildman–Crippen MR) is 117 cm³/mol. The molecule has 3 aromatic rings. The van der Waals surface area contributed by atoms with Gasteiger partial charge in [-0.15, -0.1) is 0 Å². The van der Waals surface area contributed by atoms with Gasteiger partial charge in [-0.25, -0.2) is 5.43 Å². The molecule has 0 saturated carbocycles. The topological polar surface area (TPSA) is 85.2 Å². The number of rotatable bonds is 4. The van der Waals surface area contributed by atoms with Crippen molar-refractivity contribution in [3.8, 4) is 11.5 Å². The molecule has 0 fully saturated rings. The molecular formula is C24H23N3O3. The van der Waals surface area contributed by atoms with E-state index in [1.165, 1.54) is 40.6 Å². The molecule has 1 aliphatic heterocycles. The molecule has 30 heavy (non-hydrogen) atoms. The number of hydrogen-bond donors (Lipinski definition) is 3. The van der Waals surface area contributed by atoms with Crippen LogP contribution in [0, 0.1) is 13.8 Å². The Balaban J connectivity index is 1.45. The highest BCUT2D eigenvalue weighted by atomic mass is 16.3. The summed E-state index contributed by atoms with van der Waals surface area (Å²) in [5.41, 5.74) is 9.80. The highest BCUT2D eigenvalue weighted by molar-refractivity contribution is 5.95. The molecule has 4 rings (SSSR count). The minimum atomic E-state index is -0.320. The monoisotopic (exact) mass is 401 g/mol. The predicted octanol–water partition coefficient (Wildman–Crippen LogP) is 4.00. The van der Waals surface area contributed by atoms with Crippen molar-refractivity contribution >= 4 is 17.8 Å². The van der Waals surface area contributed by atoms with Crippen molar-refractivity contribution in [1.82, 2.24) is 5.43 Å². The third-order valence-corrected chi connectivity index (χ3v) is 5.39. The van der Waals surface area contributed by atoms with Crippen molar-refractivity contribution < 1.29 is 15.0 Å². The van der Waals surface area contributed by atoms with Crippen molar-refractivity contribution in [2.75, 3.05) is 4.90 Å². The van der Waals surface area contributed by atoms with Gasteiger partial charge >= 0.3 is 0 Å². The van der Waals surface area contributed by atoms with Crippen molar-refractivity contribution in [2.24, 2.45) is 5.10 Å². The summed E-state index contributed by atoms with van der Waals surface area (Å²) in [5, 5.41) is 22.8. The fourth-order valence-corrected chi connectivity index (χ4v) is 3.57. The van der Waals surface area contributed by atoms with Gasteiger partial charge in [0.1, 0.15) is 0 Å². The number of carbonyl (C=O) groups is 1. The quantitative estimate of drug-likeness (QED) is 0.350. The molecule has 152 valence electrons. The number of hydrogen-bond acceptors (Lipinski definition) is 5. The minimum Gasteiger partial charge on any atom is -0.504 e. The van der Waals surface area contributed by atoms with Crippen LogP contribution in [0.5, 0.6) is 11.5 Å². The van der Waals surface area contributed by atoms with Crippen LogP contribution in [0.25, 0.3) is 0 Å². The number of hydrazone groups is 1. The first kappa shape index (κ1) is 19.5. The third-order valence-electron chi connectivity index (χ3n) is 5.39. The molecule has 0 saturated heterocycles. The minimum absolute atomic E-state index is 0.206. The first-order valence-corrected chi connectivity index (χ1v) is 9.70. The van der Waals surface area contributed by atoms with Crippen molar-refractivity contribution in [3.63, 3.8) is 0 Å². The zero-order valence-electron chi connectivity index (χ0n) is 16.9. The van der Waals surface area contributed by atoms with E-state index in [-0.39, 0.29) is 17.4 Å². The Bertz CT molecular complexity index is 1120. The van der Waals surface area contributed by atoms with Crippen LogP contribution < -0.4 is 10.3 Å². The lowest BCUT2D eigenvalue weighted by Crippen LogP contribution is -2.19. The number of benzene rings is 3. The molecule has 0 unspecified atom stereocenters. The van der Waals surface area contributed by atoms with Crippen LogP contribution in [0.3, 0.4) is 0 Å². The van der Waals surface area contributed by atoms with Crippen LogP contribution in [0.2, 0.25) is 0 Å². The molecule has 6 nitrogen and oxygen atoms in total. The average molecular weight is 401 g/mol. The second-order valence-electron chi connectivity index (χ2n) is 7.56. The third kappa shape index (κ3) is 3.98. The van der Waals surface area contributed by atoms with E-state index < -0.39 is 0 Å². The zero-order valence-corrected chi connectivity index (χ0v) is 16.9. The van der Waals surface area contributed by atoms with E-state index in [0.29, 0.717) is 11.1 Å². The summed E-state index contributed by atoms with van der Waals surface area (Å²) in [7, 11) is 0. The average Bonchev–Trinajstić information content (AvgIpc) is 3.13. The van der Waals surface area contributed by atoms with E-state index in [1.54, 1.807) is 12.1 Å². The maximum atomic E-state index is 12.5. The summed E-state index contributed by atoms with van der Waals surface area (Å²) < 4.78 is 0. The number of fused-ring (bicyclic) bond motifs is 1. The smallest absolute Gasteiger partial charge is 0.271 e. The molecule has 6 heteroatoms. The van der Waals surface area contributed by atoms with E-state index in [0.717, 1.165) is 18.8 Å². The van der Waals surface area contributed by atoms with Gasteiger partial charge in [-0.1, -0.05) is 18.2 Å². The summed E-state index contributed by atoms with van der Waals surface area (Å²) in [5.74, 6) is -0.767. The van der Waals surface area contributed by atoms with Crippen molar-refractivity contribution in [1.29, 1.82) is 0 Å². The van der Waals surface area contributed by atoms with Gasteiger partial charge in [-0.05, 0) is 78.1 Å².